The van der Waals surface area contributed by atoms with Crippen LogP contribution in [0.15, 0.2) is 75.2 Å². The monoisotopic (exact) mass is 613 g/mol. The van der Waals surface area contributed by atoms with Crippen molar-refractivity contribution < 1.29 is 28.5 Å². The number of hydrogen-bond donors (Lipinski definition) is 1. The highest BCUT2D eigenvalue weighted by molar-refractivity contribution is 9.10. The molecule has 0 saturated heterocycles. The number of nitrogens with zero attached hydrogens (tertiary/aromatic N) is 3. The topological polar surface area (TPSA) is 95.7 Å². The number of ether oxygens (including phenoxy) is 3. The van der Waals surface area contributed by atoms with Gasteiger partial charge in [-0.1, -0.05) is 18.2 Å². The van der Waals surface area contributed by atoms with Gasteiger partial charge in [0.05, 0.1) is 18.7 Å². The van der Waals surface area contributed by atoms with E-state index in [1.54, 1.807) is 56.7 Å². The predicted molar refractivity (Wildman–Crippen MR) is 151 cm³/mol. The third kappa shape index (κ3) is 6.98. The van der Waals surface area contributed by atoms with Crippen LogP contribution in [0, 0.1) is 5.82 Å². The molecule has 0 spiro atoms. The van der Waals surface area contributed by atoms with Gasteiger partial charge in [0.25, 0.3) is 0 Å². The standard InChI is InChI=1S/C28H25BrFN3O5S/c1-4-33-26(19-13-21(36-2)15-22(14-19)37-3)31-32-28(33)39-25(27(34)35)12-18-7-10-24(23(29)11-18)38-16-17-5-8-20(30)9-6-17/h5-15H,4,16H2,1-3H3,(H,34,35)/b25-12-. The van der Waals surface area contributed by atoms with Crippen molar-refractivity contribution in [2.24, 2.45) is 0 Å². The first kappa shape index (κ1) is 28.2. The van der Waals surface area contributed by atoms with E-state index < -0.39 is 5.97 Å². The van der Waals surface area contributed by atoms with Crippen molar-refractivity contribution in [3.63, 3.8) is 0 Å². The molecule has 0 amide bonds. The third-order valence-electron chi connectivity index (χ3n) is 5.62. The van der Waals surface area contributed by atoms with Gasteiger partial charge in [-0.05, 0) is 88.2 Å². The van der Waals surface area contributed by atoms with Crippen molar-refractivity contribution in [2.45, 2.75) is 25.2 Å². The zero-order chi connectivity index (χ0) is 27.9. The highest BCUT2D eigenvalue weighted by Gasteiger charge is 2.19. The largest absolute Gasteiger partial charge is 0.497 e. The van der Waals surface area contributed by atoms with Crippen LogP contribution in [0.4, 0.5) is 4.39 Å². The molecule has 0 bridgehead atoms. The van der Waals surface area contributed by atoms with Gasteiger partial charge in [-0.15, -0.1) is 10.2 Å². The Bertz CT molecular complexity index is 1490. The lowest BCUT2D eigenvalue weighted by Gasteiger charge is -2.11. The Morgan fingerprint density at radius 1 is 1.05 bits per heavy atom. The van der Waals surface area contributed by atoms with Crippen LogP contribution >= 0.6 is 27.7 Å². The first-order valence-corrected chi connectivity index (χ1v) is 13.4. The fourth-order valence-electron chi connectivity index (χ4n) is 3.65. The van der Waals surface area contributed by atoms with Crippen LogP contribution in [0.2, 0.25) is 0 Å². The van der Waals surface area contributed by atoms with Crippen LogP contribution in [-0.2, 0) is 17.9 Å². The van der Waals surface area contributed by atoms with Gasteiger partial charge in [-0.3, -0.25) is 0 Å². The van der Waals surface area contributed by atoms with Gasteiger partial charge in [0.15, 0.2) is 11.0 Å². The molecule has 8 nitrogen and oxygen atoms in total. The first-order valence-electron chi connectivity index (χ1n) is 11.8. The van der Waals surface area contributed by atoms with Crippen molar-refractivity contribution in [2.75, 3.05) is 14.2 Å². The molecule has 0 aliphatic rings. The second-order valence-electron chi connectivity index (χ2n) is 8.17. The summed E-state index contributed by atoms with van der Waals surface area (Å²) in [5, 5.41) is 18.9. The van der Waals surface area contributed by atoms with Gasteiger partial charge in [0, 0.05) is 18.2 Å². The molecule has 4 rings (SSSR count). The summed E-state index contributed by atoms with van der Waals surface area (Å²) in [5.74, 6) is 0.939. The second kappa shape index (κ2) is 12.8. The van der Waals surface area contributed by atoms with E-state index in [0.717, 1.165) is 22.9 Å². The number of methoxy groups -OCH3 is 2. The molecule has 0 radical (unpaired) electrons. The van der Waals surface area contributed by atoms with E-state index >= 15 is 0 Å². The number of hydrogen-bond acceptors (Lipinski definition) is 7. The zero-order valence-corrected chi connectivity index (χ0v) is 23.8. The molecule has 0 aliphatic carbocycles. The second-order valence-corrected chi connectivity index (χ2v) is 10.0. The maximum Gasteiger partial charge on any atom is 0.342 e. The molecule has 0 fully saturated rings. The van der Waals surface area contributed by atoms with Crippen molar-refractivity contribution >= 4 is 39.7 Å². The highest BCUT2D eigenvalue weighted by atomic mass is 79.9. The average Bonchev–Trinajstić information content (AvgIpc) is 3.35. The Morgan fingerprint density at radius 2 is 1.74 bits per heavy atom. The molecule has 39 heavy (non-hydrogen) atoms. The third-order valence-corrected chi connectivity index (χ3v) is 7.23. The Balaban J connectivity index is 1.56. The van der Waals surface area contributed by atoms with Crippen LogP contribution in [0.5, 0.6) is 17.2 Å². The number of rotatable bonds is 11. The van der Waals surface area contributed by atoms with E-state index in [1.807, 2.05) is 23.6 Å². The Morgan fingerprint density at radius 3 is 2.33 bits per heavy atom. The maximum atomic E-state index is 13.1. The molecule has 4 aromatic rings. The van der Waals surface area contributed by atoms with Crippen LogP contribution < -0.4 is 14.2 Å². The van der Waals surface area contributed by atoms with Gasteiger partial charge in [-0.2, -0.15) is 0 Å². The van der Waals surface area contributed by atoms with Gasteiger partial charge in [0.1, 0.15) is 34.6 Å². The lowest BCUT2D eigenvalue weighted by molar-refractivity contribution is -0.131. The van der Waals surface area contributed by atoms with Crippen LogP contribution in [0.1, 0.15) is 18.1 Å². The molecule has 1 N–H and O–H groups in total. The number of thioether (sulfide) groups is 1. The van der Waals surface area contributed by atoms with E-state index in [9.17, 15) is 14.3 Å². The molecule has 11 heteroatoms. The Hall–Kier alpha value is -3.83. The molecule has 202 valence electrons. The number of aliphatic carboxylic acids is 1. The SMILES string of the molecule is CCn1c(S/C(=C\c2ccc(OCc3ccc(F)cc3)c(Br)c2)C(=O)O)nnc1-c1cc(OC)cc(OC)c1. The molecule has 0 unspecified atom stereocenters. The summed E-state index contributed by atoms with van der Waals surface area (Å²) >= 11 is 4.49. The summed E-state index contributed by atoms with van der Waals surface area (Å²) in [4.78, 5) is 12.2. The lowest BCUT2D eigenvalue weighted by atomic mass is 10.2. The molecule has 0 atom stereocenters. The molecule has 3 aromatic carbocycles. The predicted octanol–water partition coefficient (Wildman–Crippen LogP) is 6.68. The van der Waals surface area contributed by atoms with Crippen molar-refractivity contribution in [3.05, 3.63) is 87.0 Å². The molecular weight excluding hydrogens is 589 g/mol. The zero-order valence-electron chi connectivity index (χ0n) is 21.4. The average molecular weight is 614 g/mol. The molecular formula is C28H25BrFN3O5S. The van der Waals surface area contributed by atoms with Gasteiger partial charge < -0.3 is 23.9 Å². The number of carboxylic acid groups (broad SMARTS) is 1. The smallest absolute Gasteiger partial charge is 0.342 e. The fraction of sp³-hybridized carbons (Fsp3) is 0.179. The Kier molecular flexibility index (Phi) is 9.26. The number of aromatic nitrogens is 3. The molecule has 0 aliphatic heterocycles. The number of carbonyl (C=O) groups is 1. The first-order chi connectivity index (χ1) is 18.8. The van der Waals surface area contributed by atoms with Gasteiger partial charge >= 0.3 is 5.97 Å². The maximum absolute atomic E-state index is 13.1. The minimum atomic E-state index is -1.09. The molecule has 0 saturated carbocycles. The van der Waals surface area contributed by atoms with Crippen molar-refractivity contribution in [3.8, 4) is 28.6 Å². The van der Waals surface area contributed by atoms with Crippen LogP contribution in [0.3, 0.4) is 0 Å². The molecule has 1 aromatic heterocycles. The van der Waals surface area contributed by atoms with E-state index in [2.05, 4.69) is 26.1 Å². The van der Waals surface area contributed by atoms with Crippen LogP contribution in [-0.4, -0.2) is 40.1 Å². The summed E-state index contributed by atoms with van der Waals surface area (Å²) in [6.45, 7) is 2.71. The lowest BCUT2D eigenvalue weighted by Crippen LogP contribution is -2.03. The molecule has 1 heterocycles. The Labute approximate surface area is 237 Å². The minimum absolute atomic E-state index is 0.0683. The quantitative estimate of drug-likeness (QED) is 0.148. The van der Waals surface area contributed by atoms with Crippen LogP contribution in [0.25, 0.3) is 17.5 Å². The fourth-order valence-corrected chi connectivity index (χ4v) is 5.05. The van der Waals surface area contributed by atoms with E-state index in [-0.39, 0.29) is 17.3 Å². The van der Waals surface area contributed by atoms with Gasteiger partial charge in [-0.25, -0.2) is 9.18 Å². The summed E-state index contributed by atoms with van der Waals surface area (Å²) in [6, 6.07) is 16.7. The van der Waals surface area contributed by atoms with Gasteiger partial charge in [0.2, 0.25) is 0 Å². The number of benzene rings is 3. The summed E-state index contributed by atoms with van der Waals surface area (Å²) in [7, 11) is 3.13. The van der Waals surface area contributed by atoms with E-state index in [1.165, 1.54) is 12.1 Å². The highest BCUT2D eigenvalue weighted by Crippen LogP contribution is 2.34. The summed E-state index contributed by atoms with van der Waals surface area (Å²) in [5.41, 5.74) is 2.21. The number of halogens is 2. The van der Waals surface area contributed by atoms with E-state index in [0.29, 0.717) is 44.8 Å². The normalized spacial score (nSPS) is 11.4. The van der Waals surface area contributed by atoms with E-state index in [4.69, 9.17) is 14.2 Å². The number of carboxylic acids is 1. The van der Waals surface area contributed by atoms with Crippen molar-refractivity contribution in [1.82, 2.24) is 14.8 Å². The van der Waals surface area contributed by atoms with Crippen molar-refractivity contribution in [1.29, 1.82) is 0 Å². The minimum Gasteiger partial charge on any atom is -0.497 e. The summed E-state index contributed by atoms with van der Waals surface area (Å²) in [6.07, 6.45) is 1.56. The summed E-state index contributed by atoms with van der Waals surface area (Å²) < 4.78 is 32.2.